The number of rotatable bonds is 2. The van der Waals surface area contributed by atoms with Crippen molar-refractivity contribution in [1.29, 1.82) is 5.26 Å². The summed E-state index contributed by atoms with van der Waals surface area (Å²) in [7, 11) is 0. The molecule has 1 aromatic heterocycles. The predicted octanol–water partition coefficient (Wildman–Crippen LogP) is 3.38. The molecule has 0 aliphatic heterocycles. The van der Waals surface area contributed by atoms with Crippen molar-refractivity contribution in [3.8, 4) is 17.3 Å². The highest BCUT2D eigenvalue weighted by molar-refractivity contribution is 5.59. The van der Waals surface area contributed by atoms with Gasteiger partial charge in [-0.3, -0.25) is 4.98 Å². The first-order valence-corrected chi connectivity index (χ1v) is 5.22. The summed E-state index contributed by atoms with van der Waals surface area (Å²) in [5.41, 5.74) is 3.08. The molecule has 0 saturated heterocycles. The van der Waals surface area contributed by atoms with Crippen LogP contribution in [0.3, 0.4) is 0 Å². The maximum Gasteiger partial charge on any atom is 0.0701 e. The van der Waals surface area contributed by atoms with E-state index in [-0.39, 0.29) is 5.92 Å². The van der Waals surface area contributed by atoms with Gasteiger partial charge in [0.15, 0.2) is 0 Å². The van der Waals surface area contributed by atoms with Crippen molar-refractivity contribution in [2.75, 3.05) is 0 Å². The Labute approximate surface area is 95.2 Å². The molecular formula is C14H12N2. The monoisotopic (exact) mass is 208 g/mol. The summed E-state index contributed by atoms with van der Waals surface area (Å²) >= 11 is 0. The molecule has 2 rings (SSSR count). The van der Waals surface area contributed by atoms with Crippen molar-refractivity contribution >= 4 is 0 Å². The minimum absolute atomic E-state index is 0.0576. The van der Waals surface area contributed by atoms with Gasteiger partial charge in [0.1, 0.15) is 0 Å². The fourth-order valence-electron chi connectivity index (χ4n) is 1.55. The van der Waals surface area contributed by atoms with E-state index in [2.05, 4.69) is 11.1 Å². The highest BCUT2D eigenvalue weighted by Gasteiger charge is 2.04. The van der Waals surface area contributed by atoms with Crippen LogP contribution >= 0.6 is 0 Å². The molecule has 78 valence electrons. The first kappa shape index (κ1) is 10.4. The molecule has 0 saturated carbocycles. The van der Waals surface area contributed by atoms with Crippen LogP contribution in [-0.4, -0.2) is 4.98 Å². The first-order valence-electron chi connectivity index (χ1n) is 5.22. The lowest BCUT2D eigenvalue weighted by molar-refractivity contribution is 0.982. The van der Waals surface area contributed by atoms with Crippen LogP contribution in [-0.2, 0) is 0 Å². The van der Waals surface area contributed by atoms with E-state index in [1.165, 1.54) is 0 Å². The predicted molar refractivity (Wildman–Crippen MR) is 63.7 cm³/mol. The van der Waals surface area contributed by atoms with Gasteiger partial charge in [0.2, 0.25) is 0 Å². The molecule has 0 aliphatic rings. The third-order valence-electron chi connectivity index (χ3n) is 2.56. The highest BCUT2D eigenvalue weighted by atomic mass is 14.7. The van der Waals surface area contributed by atoms with Crippen LogP contribution in [0.2, 0.25) is 0 Å². The molecule has 0 N–H and O–H groups in total. The number of pyridine rings is 1. The minimum atomic E-state index is -0.0576. The zero-order valence-electron chi connectivity index (χ0n) is 9.09. The Kier molecular flexibility index (Phi) is 2.98. The number of aromatic nitrogens is 1. The Balaban J connectivity index is 2.31. The fraction of sp³-hybridized carbons (Fsp3) is 0.143. The summed E-state index contributed by atoms with van der Waals surface area (Å²) in [6.45, 7) is 1.90. The van der Waals surface area contributed by atoms with Crippen LogP contribution in [0.5, 0.6) is 0 Å². The van der Waals surface area contributed by atoms with Crippen molar-refractivity contribution in [1.82, 2.24) is 4.98 Å². The molecule has 2 aromatic rings. The number of nitrogens with zero attached hydrogens (tertiary/aromatic N) is 2. The summed E-state index contributed by atoms with van der Waals surface area (Å²) in [5.74, 6) is -0.0576. The molecule has 0 aliphatic carbocycles. The molecular weight excluding hydrogens is 196 g/mol. The normalized spacial score (nSPS) is 11.8. The average molecular weight is 208 g/mol. The molecule has 0 spiro atoms. The highest BCUT2D eigenvalue weighted by Crippen LogP contribution is 2.20. The quantitative estimate of drug-likeness (QED) is 0.758. The van der Waals surface area contributed by atoms with Gasteiger partial charge in [0.25, 0.3) is 0 Å². The van der Waals surface area contributed by atoms with E-state index in [4.69, 9.17) is 5.26 Å². The topological polar surface area (TPSA) is 36.7 Å². The van der Waals surface area contributed by atoms with Gasteiger partial charge in [-0.2, -0.15) is 5.26 Å². The summed E-state index contributed by atoms with van der Waals surface area (Å²) < 4.78 is 0. The molecule has 1 aromatic carbocycles. The van der Waals surface area contributed by atoms with Gasteiger partial charge < -0.3 is 0 Å². The number of nitriles is 1. The minimum Gasteiger partial charge on any atom is -0.256 e. The zero-order valence-corrected chi connectivity index (χ0v) is 9.09. The smallest absolute Gasteiger partial charge is 0.0701 e. The Bertz CT molecular complexity index is 495. The Hall–Kier alpha value is -2.14. The largest absolute Gasteiger partial charge is 0.256 e. The molecule has 2 nitrogen and oxygen atoms in total. The van der Waals surface area contributed by atoms with Gasteiger partial charge in [-0.1, -0.05) is 30.3 Å². The number of hydrogen-bond acceptors (Lipinski definition) is 2. The average Bonchev–Trinajstić information content (AvgIpc) is 2.39. The third kappa shape index (κ3) is 2.09. The molecule has 2 heteroatoms. The van der Waals surface area contributed by atoms with Crippen LogP contribution in [0.1, 0.15) is 18.4 Å². The number of hydrogen-bond donors (Lipinski definition) is 0. The molecule has 0 fully saturated rings. The standard InChI is InChI=1S/C14H12N2/c1-11(10-15)12-5-7-13(8-6-12)14-4-2-3-9-16-14/h2-9,11H,1H3. The van der Waals surface area contributed by atoms with E-state index in [0.717, 1.165) is 16.8 Å². The summed E-state index contributed by atoms with van der Waals surface area (Å²) in [4.78, 5) is 4.28. The van der Waals surface area contributed by atoms with Crippen molar-refractivity contribution in [2.45, 2.75) is 12.8 Å². The SMILES string of the molecule is CC(C#N)c1ccc(-c2ccccn2)cc1. The second kappa shape index (κ2) is 4.59. The lowest BCUT2D eigenvalue weighted by Gasteiger charge is -2.04. The van der Waals surface area contributed by atoms with Crippen LogP contribution in [0, 0.1) is 11.3 Å². The molecule has 16 heavy (non-hydrogen) atoms. The molecule has 0 amide bonds. The van der Waals surface area contributed by atoms with Crippen LogP contribution < -0.4 is 0 Å². The van der Waals surface area contributed by atoms with Crippen molar-refractivity contribution in [2.24, 2.45) is 0 Å². The molecule has 1 atom stereocenters. The lowest BCUT2D eigenvalue weighted by atomic mass is 10.0. The van der Waals surface area contributed by atoms with Gasteiger partial charge in [-0.15, -0.1) is 0 Å². The summed E-state index contributed by atoms with van der Waals surface area (Å²) in [5, 5.41) is 8.81. The van der Waals surface area contributed by atoms with E-state index < -0.39 is 0 Å². The number of benzene rings is 1. The maximum absolute atomic E-state index is 8.81. The van der Waals surface area contributed by atoms with Gasteiger partial charge in [0, 0.05) is 11.8 Å². The summed E-state index contributed by atoms with van der Waals surface area (Å²) in [6, 6.07) is 16.0. The third-order valence-corrected chi connectivity index (χ3v) is 2.56. The lowest BCUT2D eigenvalue weighted by Crippen LogP contribution is -1.89. The zero-order chi connectivity index (χ0) is 11.4. The van der Waals surface area contributed by atoms with Crippen molar-refractivity contribution in [3.63, 3.8) is 0 Å². The first-order chi connectivity index (χ1) is 7.81. The van der Waals surface area contributed by atoms with E-state index in [1.54, 1.807) is 6.20 Å². The maximum atomic E-state index is 8.81. The molecule has 1 heterocycles. The van der Waals surface area contributed by atoms with Gasteiger partial charge in [-0.25, -0.2) is 0 Å². The molecule has 0 bridgehead atoms. The van der Waals surface area contributed by atoms with Crippen molar-refractivity contribution < 1.29 is 0 Å². The Morgan fingerprint density at radius 3 is 2.44 bits per heavy atom. The molecule has 0 radical (unpaired) electrons. The van der Waals surface area contributed by atoms with E-state index >= 15 is 0 Å². The van der Waals surface area contributed by atoms with Crippen molar-refractivity contribution in [3.05, 3.63) is 54.2 Å². The second-order valence-corrected chi connectivity index (χ2v) is 3.69. The second-order valence-electron chi connectivity index (χ2n) is 3.69. The van der Waals surface area contributed by atoms with E-state index in [1.807, 2.05) is 49.4 Å². The van der Waals surface area contributed by atoms with Crippen LogP contribution in [0.4, 0.5) is 0 Å². The van der Waals surface area contributed by atoms with Crippen LogP contribution in [0.15, 0.2) is 48.7 Å². The Morgan fingerprint density at radius 2 is 1.88 bits per heavy atom. The van der Waals surface area contributed by atoms with Gasteiger partial charge in [0.05, 0.1) is 17.7 Å². The Morgan fingerprint density at radius 1 is 1.12 bits per heavy atom. The van der Waals surface area contributed by atoms with Gasteiger partial charge in [-0.05, 0) is 24.6 Å². The summed E-state index contributed by atoms with van der Waals surface area (Å²) in [6.07, 6.45) is 1.78. The molecule has 1 unspecified atom stereocenters. The van der Waals surface area contributed by atoms with Crippen LogP contribution in [0.25, 0.3) is 11.3 Å². The fourth-order valence-corrected chi connectivity index (χ4v) is 1.55. The van der Waals surface area contributed by atoms with E-state index in [9.17, 15) is 0 Å². The van der Waals surface area contributed by atoms with E-state index in [0.29, 0.717) is 0 Å². The van der Waals surface area contributed by atoms with Gasteiger partial charge >= 0.3 is 0 Å².